The number of hydrogen-bond donors (Lipinski definition) is 1. The standard InChI is InChI=1S/C21H21N3O5/c1-2-14(13-24-16-8-4-6-10-18(16)29-21(24)27)22-19(25)11-12-23-15-7-3-5-9-17(15)28-20(23)26/h3-10,14H,2,11-13H2,1H3,(H,22,25)/t14-/m1/s1. The molecule has 4 rings (SSSR count). The minimum atomic E-state index is -0.484. The number of benzene rings is 2. The number of nitrogens with zero attached hydrogens (tertiary/aromatic N) is 2. The Labute approximate surface area is 165 Å². The number of aryl methyl sites for hydroxylation is 1. The molecule has 150 valence electrons. The summed E-state index contributed by atoms with van der Waals surface area (Å²) in [6, 6.07) is 14.0. The van der Waals surface area contributed by atoms with E-state index in [-0.39, 0.29) is 24.9 Å². The van der Waals surface area contributed by atoms with Crippen molar-refractivity contribution in [2.24, 2.45) is 0 Å². The second-order valence-electron chi connectivity index (χ2n) is 6.86. The summed E-state index contributed by atoms with van der Waals surface area (Å²) in [6.45, 7) is 2.46. The maximum Gasteiger partial charge on any atom is 0.420 e. The molecule has 2 aromatic heterocycles. The van der Waals surface area contributed by atoms with Crippen molar-refractivity contribution < 1.29 is 13.6 Å². The number of carbonyl (C=O) groups excluding carboxylic acids is 1. The van der Waals surface area contributed by atoms with Crippen LogP contribution in [0.1, 0.15) is 19.8 Å². The van der Waals surface area contributed by atoms with E-state index in [4.69, 9.17) is 8.83 Å². The Morgan fingerprint density at radius 1 is 0.931 bits per heavy atom. The normalized spacial score (nSPS) is 12.4. The van der Waals surface area contributed by atoms with Crippen LogP contribution >= 0.6 is 0 Å². The smallest absolute Gasteiger partial charge is 0.408 e. The summed E-state index contributed by atoms with van der Waals surface area (Å²) >= 11 is 0. The molecule has 0 aliphatic heterocycles. The summed E-state index contributed by atoms with van der Waals surface area (Å²) in [6.07, 6.45) is 0.771. The highest BCUT2D eigenvalue weighted by molar-refractivity contribution is 5.77. The molecule has 0 saturated carbocycles. The molecule has 0 aliphatic rings. The van der Waals surface area contributed by atoms with Crippen LogP contribution in [0.25, 0.3) is 22.2 Å². The number of carbonyl (C=O) groups is 1. The predicted molar refractivity (Wildman–Crippen MR) is 108 cm³/mol. The first kappa shape index (κ1) is 18.8. The van der Waals surface area contributed by atoms with Crippen LogP contribution in [0, 0.1) is 0 Å². The van der Waals surface area contributed by atoms with Crippen molar-refractivity contribution in [2.75, 3.05) is 0 Å². The SMILES string of the molecule is CC[C@H](Cn1c(=O)oc2ccccc21)NC(=O)CCn1c(=O)oc2ccccc21. The van der Waals surface area contributed by atoms with Gasteiger partial charge in [0.2, 0.25) is 5.91 Å². The molecule has 4 aromatic rings. The number of nitrogens with one attached hydrogen (secondary N) is 1. The summed E-state index contributed by atoms with van der Waals surface area (Å²) in [7, 11) is 0. The van der Waals surface area contributed by atoms with Crippen LogP contribution < -0.4 is 16.8 Å². The van der Waals surface area contributed by atoms with Gasteiger partial charge in [-0.05, 0) is 30.7 Å². The third kappa shape index (κ3) is 3.73. The van der Waals surface area contributed by atoms with Crippen molar-refractivity contribution in [3.05, 3.63) is 69.6 Å². The lowest BCUT2D eigenvalue weighted by atomic mass is 10.2. The van der Waals surface area contributed by atoms with E-state index in [9.17, 15) is 14.4 Å². The fourth-order valence-corrected chi connectivity index (χ4v) is 3.42. The molecule has 0 radical (unpaired) electrons. The van der Waals surface area contributed by atoms with Crippen LogP contribution in [-0.2, 0) is 17.9 Å². The zero-order chi connectivity index (χ0) is 20.4. The molecule has 1 amide bonds. The first-order chi connectivity index (χ1) is 14.1. The fraction of sp³-hybridized carbons (Fsp3) is 0.286. The van der Waals surface area contributed by atoms with Gasteiger partial charge < -0.3 is 14.2 Å². The van der Waals surface area contributed by atoms with Gasteiger partial charge in [-0.3, -0.25) is 13.9 Å². The number of hydrogen-bond acceptors (Lipinski definition) is 5. The summed E-state index contributed by atoms with van der Waals surface area (Å²) in [5.74, 6) is -1.13. The van der Waals surface area contributed by atoms with E-state index in [0.29, 0.717) is 35.2 Å². The number of aromatic nitrogens is 2. The maximum absolute atomic E-state index is 12.5. The Kier molecular flexibility index (Phi) is 5.07. The highest BCUT2D eigenvalue weighted by Crippen LogP contribution is 2.14. The minimum Gasteiger partial charge on any atom is -0.408 e. The number of oxazole rings is 2. The molecule has 0 saturated heterocycles. The van der Waals surface area contributed by atoms with Crippen LogP contribution in [0.4, 0.5) is 0 Å². The van der Waals surface area contributed by atoms with E-state index in [1.54, 1.807) is 30.3 Å². The molecule has 1 atom stereocenters. The van der Waals surface area contributed by atoms with E-state index >= 15 is 0 Å². The van der Waals surface area contributed by atoms with Crippen molar-refractivity contribution in [1.29, 1.82) is 0 Å². The number of para-hydroxylation sites is 4. The van der Waals surface area contributed by atoms with Crippen molar-refractivity contribution in [1.82, 2.24) is 14.5 Å². The topological polar surface area (TPSA) is 99.4 Å². The summed E-state index contributed by atoms with van der Waals surface area (Å²) in [5, 5.41) is 2.94. The van der Waals surface area contributed by atoms with Gasteiger partial charge in [-0.25, -0.2) is 9.59 Å². The lowest BCUT2D eigenvalue weighted by Crippen LogP contribution is -2.39. The Bertz CT molecular complexity index is 1280. The third-order valence-corrected chi connectivity index (χ3v) is 4.97. The highest BCUT2D eigenvalue weighted by Gasteiger charge is 2.17. The number of amides is 1. The summed E-state index contributed by atoms with van der Waals surface area (Å²) < 4.78 is 13.4. The average Bonchev–Trinajstić information content (AvgIpc) is 3.21. The largest absolute Gasteiger partial charge is 0.420 e. The molecular formula is C21H21N3O5. The zero-order valence-corrected chi connectivity index (χ0v) is 16.0. The van der Waals surface area contributed by atoms with Crippen molar-refractivity contribution in [3.63, 3.8) is 0 Å². The van der Waals surface area contributed by atoms with Crippen LogP contribution in [0.3, 0.4) is 0 Å². The molecule has 0 spiro atoms. The van der Waals surface area contributed by atoms with Gasteiger partial charge in [0.25, 0.3) is 0 Å². The van der Waals surface area contributed by atoms with Gasteiger partial charge in [0.15, 0.2) is 11.2 Å². The highest BCUT2D eigenvalue weighted by atomic mass is 16.4. The van der Waals surface area contributed by atoms with Gasteiger partial charge >= 0.3 is 11.5 Å². The molecule has 0 bridgehead atoms. The van der Waals surface area contributed by atoms with Gasteiger partial charge in [-0.2, -0.15) is 0 Å². The third-order valence-electron chi connectivity index (χ3n) is 4.97. The van der Waals surface area contributed by atoms with Crippen molar-refractivity contribution in [3.8, 4) is 0 Å². The second kappa shape index (κ2) is 7.83. The van der Waals surface area contributed by atoms with E-state index in [0.717, 1.165) is 0 Å². The molecule has 2 aromatic carbocycles. The molecule has 2 heterocycles. The van der Waals surface area contributed by atoms with E-state index in [1.807, 2.05) is 25.1 Å². The Hall–Kier alpha value is -3.55. The van der Waals surface area contributed by atoms with Crippen LogP contribution in [-0.4, -0.2) is 21.1 Å². The lowest BCUT2D eigenvalue weighted by molar-refractivity contribution is -0.122. The van der Waals surface area contributed by atoms with Crippen LogP contribution in [0.2, 0.25) is 0 Å². The first-order valence-electron chi connectivity index (χ1n) is 9.53. The molecule has 1 N–H and O–H groups in total. The van der Waals surface area contributed by atoms with Crippen LogP contribution in [0.5, 0.6) is 0 Å². The van der Waals surface area contributed by atoms with Gasteiger partial charge in [-0.1, -0.05) is 31.2 Å². The zero-order valence-electron chi connectivity index (χ0n) is 16.0. The quantitative estimate of drug-likeness (QED) is 0.518. The van der Waals surface area contributed by atoms with Gasteiger partial charge in [0.1, 0.15) is 0 Å². The van der Waals surface area contributed by atoms with Crippen molar-refractivity contribution >= 4 is 28.1 Å². The molecule has 8 nitrogen and oxygen atoms in total. The lowest BCUT2D eigenvalue weighted by Gasteiger charge is -2.17. The van der Waals surface area contributed by atoms with Gasteiger partial charge in [0.05, 0.1) is 11.0 Å². The average molecular weight is 395 g/mol. The Morgan fingerprint density at radius 3 is 2.10 bits per heavy atom. The summed E-state index contributed by atoms with van der Waals surface area (Å²) in [4.78, 5) is 36.6. The maximum atomic E-state index is 12.5. The molecule has 0 aliphatic carbocycles. The van der Waals surface area contributed by atoms with E-state index < -0.39 is 11.5 Å². The first-order valence-corrected chi connectivity index (χ1v) is 9.53. The van der Waals surface area contributed by atoms with Crippen LogP contribution in [0.15, 0.2) is 67.0 Å². The van der Waals surface area contributed by atoms with Gasteiger partial charge in [0, 0.05) is 25.6 Å². The van der Waals surface area contributed by atoms with Crippen molar-refractivity contribution in [2.45, 2.75) is 38.9 Å². The predicted octanol–water partition coefficient (Wildman–Crippen LogP) is 2.49. The Morgan fingerprint density at radius 2 is 1.48 bits per heavy atom. The van der Waals surface area contributed by atoms with E-state index in [1.165, 1.54) is 9.13 Å². The molecule has 0 fully saturated rings. The molecular weight excluding hydrogens is 374 g/mol. The minimum absolute atomic E-state index is 0.126. The fourth-order valence-electron chi connectivity index (χ4n) is 3.42. The van der Waals surface area contributed by atoms with E-state index in [2.05, 4.69) is 5.32 Å². The Balaban J connectivity index is 1.44. The molecule has 0 unspecified atom stereocenters. The summed E-state index contributed by atoms with van der Waals surface area (Å²) in [5.41, 5.74) is 2.37. The second-order valence-corrected chi connectivity index (χ2v) is 6.86. The van der Waals surface area contributed by atoms with Gasteiger partial charge in [-0.15, -0.1) is 0 Å². The monoisotopic (exact) mass is 395 g/mol. The molecule has 29 heavy (non-hydrogen) atoms. The number of rotatable bonds is 7. The molecule has 8 heteroatoms. The number of fused-ring (bicyclic) bond motifs is 2.